The maximum atomic E-state index is 11.9. The van der Waals surface area contributed by atoms with Gasteiger partial charge in [-0.1, -0.05) is 23.7 Å². The van der Waals surface area contributed by atoms with Crippen molar-refractivity contribution >= 4 is 52.3 Å². The largest absolute Gasteiger partial charge is 0.455 e. The molecule has 0 atom stereocenters. The number of rotatable bonds is 7. The standard InChI is InChI=1S/C17H18ClNO3S2/c1-11-3-4-12(2)14(7-11)19-16(20)8-22-17(21)10-23-9-13-5-6-15(18)24-13/h3-7H,8-10H2,1-2H3,(H,19,20). The van der Waals surface area contributed by atoms with Crippen molar-refractivity contribution < 1.29 is 14.3 Å². The highest BCUT2D eigenvalue weighted by Crippen LogP contribution is 2.25. The Balaban J connectivity index is 1.69. The molecule has 7 heteroatoms. The predicted octanol–water partition coefficient (Wildman–Crippen LogP) is 4.43. The first-order valence-electron chi connectivity index (χ1n) is 7.29. The number of esters is 1. The second-order valence-corrected chi connectivity index (χ2v) is 8.01. The molecule has 1 aromatic heterocycles. The highest BCUT2D eigenvalue weighted by Gasteiger charge is 2.10. The number of aryl methyl sites for hydroxylation is 2. The monoisotopic (exact) mass is 383 g/mol. The highest BCUT2D eigenvalue weighted by molar-refractivity contribution is 7.99. The summed E-state index contributed by atoms with van der Waals surface area (Å²) in [6.45, 7) is 3.58. The zero-order chi connectivity index (χ0) is 17.5. The van der Waals surface area contributed by atoms with Crippen molar-refractivity contribution in [1.82, 2.24) is 0 Å². The molecule has 24 heavy (non-hydrogen) atoms. The van der Waals surface area contributed by atoms with Gasteiger partial charge in [-0.3, -0.25) is 9.59 Å². The lowest BCUT2D eigenvalue weighted by Gasteiger charge is -2.09. The Morgan fingerprint density at radius 1 is 1.25 bits per heavy atom. The molecule has 0 aliphatic rings. The second kappa shape index (κ2) is 9.11. The van der Waals surface area contributed by atoms with Crippen molar-refractivity contribution in [2.75, 3.05) is 17.7 Å². The molecule has 0 fully saturated rings. The van der Waals surface area contributed by atoms with E-state index in [0.717, 1.165) is 26.0 Å². The van der Waals surface area contributed by atoms with Crippen LogP contribution < -0.4 is 5.32 Å². The van der Waals surface area contributed by atoms with Gasteiger partial charge in [0.25, 0.3) is 5.91 Å². The summed E-state index contributed by atoms with van der Waals surface area (Å²) in [6.07, 6.45) is 0. The predicted molar refractivity (Wildman–Crippen MR) is 101 cm³/mol. The third-order valence-electron chi connectivity index (χ3n) is 3.12. The van der Waals surface area contributed by atoms with E-state index in [-0.39, 0.29) is 18.3 Å². The van der Waals surface area contributed by atoms with Gasteiger partial charge in [-0.2, -0.15) is 0 Å². The van der Waals surface area contributed by atoms with Crippen molar-refractivity contribution in [1.29, 1.82) is 0 Å². The van der Waals surface area contributed by atoms with E-state index in [0.29, 0.717) is 5.75 Å². The van der Waals surface area contributed by atoms with Crippen molar-refractivity contribution in [2.45, 2.75) is 19.6 Å². The molecule has 2 rings (SSSR count). The fourth-order valence-corrected chi connectivity index (χ4v) is 3.93. The second-order valence-electron chi connectivity index (χ2n) is 5.23. The average molecular weight is 384 g/mol. The first-order valence-corrected chi connectivity index (χ1v) is 9.63. The van der Waals surface area contributed by atoms with E-state index in [1.807, 2.05) is 44.2 Å². The van der Waals surface area contributed by atoms with Crippen LogP contribution in [0.5, 0.6) is 0 Å². The van der Waals surface area contributed by atoms with Gasteiger partial charge in [0.15, 0.2) is 6.61 Å². The minimum absolute atomic E-state index is 0.201. The van der Waals surface area contributed by atoms with Crippen LogP contribution in [0.3, 0.4) is 0 Å². The van der Waals surface area contributed by atoms with Gasteiger partial charge in [0.05, 0.1) is 10.1 Å². The summed E-state index contributed by atoms with van der Waals surface area (Å²) in [5.74, 6) is 0.152. The van der Waals surface area contributed by atoms with Crippen LogP contribution in [0.25, 0.3) is 0 Å². The molecule has 0 spiro atoms. The maximum absolute atomic E-state index is 11.9. The van der Waals surface area contributed by atoms with E-state index in [1.165, 1.54) is 23.1 Å². The van der Waals surface area contributed by atoms with Gasteiger partial charge in [-0.25, -0.2) is 0 Å². The Bertz CT molecular complexity index is 730. The number of anilines is 1. The first kappa shape index (κ1) is 18.8. The zero-order valence-corrected chi connectivity index (χ0v) is 15.8. The van der Waals surface area contributed by atoms with Crippen molar-refractivity contribution in [2.24, 2.45) is 0 Å². The van der Waals surface area contributed by atoms with Gasteiger partial charge in [0.2, 0.25) is 0 Å². The van der Waals surface area contributed by atoms with Gasteiger partial charge in [0, 0.05) is 16.3 Å². The summed E-state index contributed by atoms with van der Waals surface area (Å²) >= 11 is 8.77. The molecule has 1 heterocycles. The van der Waals surface area contributed by atoms with Crippen LogP contribution in [0.2, 0.25) is 4.34 Å². The molecule has 0 unspecified atom stereocenters. The maximum Gasteiger partial charge on any atom is 0.316 e. The van der Waals surface area contributed by atoms with Gasteiger partial charge < -0.3 is 10.1 Å². The topological polar surface area (TPSA) is 55.4 Å². The Hall–Kier alpha value is -1.50. The summed E-state index contributed by atoms with van der Waals surface area (Å²) in [6, 6.07) is 9.56. The van der Waals surface area contributed by atoms with Crippen LogP contribution in [0.15, 0.2) is 30.3 Å². The van der Waals surface area contributed by atoms with Crippen LogP contribution in [-0.4, -0.2) is 24.2 Å². The molecule has 0 saturated carbocycles. The van der Waals surface area contributed by atoms with E-state index in [9.17, 15) is 9.59 Å². The van der Waals surface area contributed by atoms with E-state index < -0.39 is 5.97 Å². The quantitative estimate of drug-likeness (QED) is 0.718. The number of amides is 1. The van der Waals surface area contributed by atoms with Crippen LogP contribution in [0.4, 0.5) is 5.69 Å². The minimum Gasteiger partial charge on any atom is -0.455 e. The lowest BCUT2D eigenvalue weighted by atomic mass is 10.1. The van der Waals surface area contributed by atoms with Crippen LogP contribution in [-0.2, 0) is 20.1 Å². The van der Waals surface area contributed by atoms with Crippen LogP contribution in [0, 0.1) is 13.8 Å². The minimum atomic E-state index is -0.404. The molecule has 0 saturated heterocycles. The number of benzene rings is 1. The molecular formula is C17H18ClNO3S2. The van der Waals surface area contributed by atoms with Crippen LogP contribution in [0.1, 0.15) is 16.0 Å². The third kappa shape index (κ3) is 6.19. The van der Waals surface area contributed by atoms with Crippen molar-refractivity contribution in [3.8, 4) is 0 Å². The molecule has 0 bridgehead atoms. The fraction of sp³-hybridized carbons (Fsp3) is 0.294. The van der Waals surface area contributed by atoms with Gasteiger partial charge >= 0.3 is 5.97 Å². The number of halogens is 1. The molecule has 0 aliphatic heterocycles. The lowest BCUT2D eigenvalue weighted by Crippen LogP contribution is -2.22. The Kier molecular flexibility index (Phi) is 7.15. The molecule has 1 amide bonds. The average Bonchev–Trinajstić information content (AvgIpc) is 2.94. The van der Waals surface area contributed by atoms with Crippen molar-refractivity contribution in [3.05, 3.63) is 50.7 Å². The molecule has 0 radical (unpaired) electrons. The number of hydrogen-bond acceptors (Lipinski definition) is 5. The number of carbonyl (C=O) groups excluding carboxylic acids is 2. The number of thioether (sulfide) groups is 1. The Morgan fingerprint density at radius 3 is 2.75 bits per heavy atom. The summed E-state index contributed by atoms with van der Waals surface area (Å²) in [7, 11) is 0. The number of ether oxygens (including phenoxy) is 1. The first-order chi connectivity index (χ1) is 11.4. The van der Waals surface area contributed by atoms with Gasteiger partial charge in [-0.15, -0.1) is 23.1 Å². The fourth-order valence-electron chi connectivity index (χ4n) is 1.91. The van der Waals surface area contributed by atoms with Gasteiger partial charge in [-0.05, 0) is 43.2 Å². The molecular weight excluding hydrogens is 366 g/mol. The Morgan fingerprint density at radius 2 is 2.04 bits per heavy atom. The molecule has 2 aromatic rings. The summed E-state index contributed by atoms with van der Waals surface area (Å²) in [5, 5.41) is 2.76. The normalized spacial score (nSPS) is 10.5. The third-order valence-corrected chi connectivity index (χ3v) is 5.49. The smallest absolute Gasteiger partial charge is 0.316 e. The molecule has 4 nitrogen and oxygen atoms in total. The zero-order valence-electron chi connectivity index (χ0n) is 13.4. The molecule has 1 N–H and O–H groups in total. The van der Waals surface area contributed by atoms with E-state index in [1.54, 1.807) is 0 Å². The summed E-state index contributed by atoms with van der Waals surface area (Å²) in [4.78, 5) is 24.6. The van der Waals surface area contributed by atoms with E-state index in [4.69, 9.17) is 16.3 Å². The highest BCUT2D eigenvalue weighted by atomic mass is 35.5. The number of thiophene rings is 1. The van der Waals surface area contributed by atoms with Crippen LogP contribution >= 0.6 is 34.7 Å². The molecule has 0 aliphatic carbocycles. The number of nitrogens with one attached hydrogen (secondary N) is 1. The number of hydrogen-bond donors (Lipinski definition) is 1. The van der Waals surface area contributed by atoms with Gasteiger partial charge in [0.1, 0.15) is 0 Å². The van der Waals surface area contributed by atoms with Crippen molar-refractivity contribution in [3.63, 3.8) is 0 Å². The summed E-state index contributed by atoms with van der Waals surface area (Å²) in [5.41, 5.74) is 2.75. The van der Waals surface area contributed by atoms with E-state index >= 15 is 0 Å². The summed E-state index contributed by atoms with van der Waals surface area (Å²) < 4.78 is 5.73. The number of carbonyl (C=O) groups is 2. The lowest BCUT2D eigenvalue weighted by molar-refractivity contribution is -0.144. The Labute approximate surface area is 154 Å². The van der Waals surface area contributed by atoms with E-state index in [2.05, 4.69) is 5.32 Å². The SMILES string of the molecule is Cc1ccc(C)c(NC(=O)COC(=O)CSCc2ccc(Cl)s2)c1. The molecule has 1 aromatic carbocycles. The molecule has 128 valence electrons.